The second-order valence-electron chi connectivity index (χ2n) is 3.12. The number of carboxylic acids is 1. The van der Waals surface area contributed by atoms with E-state index in [4.69, 9.17) is 15.6 Å². The summed E-state index contributed by atoms with van der Waals surface area (Å²) in [5.74, 6) is -0.981. The van der Waals surface area contributed by atoms with E-state index in [1.807, 2.05) is 20.8 Å². The summed E-state index contributed by atoms with van der Waals surface area (Å²) in [5.41, 5.74) is 4.50. The molecule has 0 aliphatic rings. The van der Waals surface area contributed by atoms with Gasteiger partial charge < -0.3 is 15.6 Å². The van der Waals surface area contributed by atoms with Crippen LogP contribution in [0.2, 0.25) is 0 Å². The number of rotatable bonds is 4. The number of aliphatic carboxylic acids is 1. The molecule has 15 heavy (non-hydrogen) atoms. The number of carboxylic acid groups (broad SMARTS) is 1. The third kappa shape index (κ3) is 10.4. The molecule has 5 heteroatoms. The smallest absolute Gasteiger partial charge is 0.405 e. The lowest BCUT2D eigenvalue weighted by Gasteiger charge is -2.25. The van der Waals surface area contributed by atoms with E-state index < -0.39 is 12.1 Å². The summed E-state index contributed by atoms with van der Waals surface area (Å²) in [6.07, 6.45) is 1.74. The molecule has 5 nitrogen and oxygen atoms in total. The van der Waals surface area contributed by atoms with E-state index in [9.17, 15) is 9.59 Å². The predicted octanol–water partition coefficient (Wildman–Crippen LogP) is 1.92. The Hall–Kier alpha value is -1.52. The minimum absolute atomic E-state index is 0.369. The third-order valence-corrected chi connectivity index (χ3v) is 2.02. The highest BCUT2D eigenvalue weighted by Gasteiger charge is 2.22. The van der Waals surface area contributed by atoms with Crippen LogP contribution >= 0.6 is 0 Å². The second kappa shape index (κ2) is 7.84. The Labute approximate surface area is 89.9 Å². The summed E-state index contributed by atoms with van der Waals surface area (Å²) in [7, 11) is 0. The first-order valence-electron chi connectivity index (χ1n) is 4.65. The number of hydrogen-bond acceptors (Lipinski definition) is 3. The molecule has 88 valence electrons. The molecule has 0 atom stereocenters. The van der Waals surface area contributed by atoms with Crippen molar-refractivity contribution in [2.45, 2.75) is 39.2 Å². The van der Waals surface area contributed by atoms with Gasteiger partial charge in [-0.05, 0) is 19.8 Å². The molecule has 0 aromatic heterocycles. The number of primary amides is 1. The third-order valence-electron chi connectivity index (χ3n) is 2.02. The molecule has 0 saturated heterocycles. The largest absolute Gasteiger partial charge is 0.478 e. The molecule has 0 aliphatic carbocycles. The van der Waals surface area contributed by atoms with Gasteiger partial charge in [-0.25, -0.2) is 9.59 Å². The lowest BCUT2D eigenvalue weighted by atomic mass is 10.0. The van der Waals surface area contributed by atoms with Crippen molar-refractivity contribution in [3.05, 3.63) is 12.7 Å². The Balaban J connectivity index is 0. The summed E-state index contributed by atoms with van der Waals surface area (Å²) in [6, 6.07) is 0. The van der Waals surface area contributed by atoms with Crippen molar-refractivity contribution in [1.82, 2.24) is 0 Å². The van der Waals surface area contributed by atoms with Gasteiger partial charge in [0.15, 0.2) is 0 Å². The zero-order valence-corrected chi connectivity index (χ0v) is 9.45. The number of ether oxygens (including phenoxy) is 1. The highest BCUT2D eigenvalue weighted by atomic mass is 16.6. The fourth-order valence-corrected chi connectivity index (χ4v) is 0.637. The minimum atomic E-state index is -0.981. The molecule has 0 spiro atoms. The molecule has 3 N–H and O–H groups in total. The number of amides is 1. The quantitative estimate of drug-likeness (QED) is 0.704. The molecular formula is C10H19NO4. The van der Waals surface area contributed by atoms with Crippen LogP contribution < -0.4 is 5.73 Å². The highest BCUT2D eigenvalue weighted by Crippen LogP contribution is 2.18. The molecule has 0 heterocycles. The van der Waals surface area contributed by atoms with Crippen molar-refractivity contribution in [3.8, 4) is 0 Å². The Morgan fingerprint density at radius 1 is 1.47 bits per heavy atom. The maximum Gasteiger partial charge on any atom is 0.405 e. The first kappa shape index (κ1) is 15.9. The predicted molar refractivity (Wildman–Crippen MR) is 57.5 cm³/mol. The first-order chi connectivity index (χ1) is 6.81. The van der Waals surface area contributed by atoms with Crippen molar-refractivity contribution >= 4 is 12.1 Å². The molecule has 0 bridgehead atoms. The lowest BCUT2D eigenvalue weighted by molar-refractivity contribution is -0.131. The van der Waals surface area contributed by atoms with Gasteiger partial charge >= 0.3 is 12.1 Å². The monoisotopic (exact) mass is 217 g/mol. The molecule has 0 fully saturated rings. The standard InChI is InChI=1S/C7H15NO2.C3H4O2/c1-4-7(3,5-2)10-6(8)9;1-2-3(4)5/h4-5H2,1-3H3,(H2,8,9);2H,1H2,(H,4,5). The molecule has 0 aliphatic heterocycles. The molecule has 0 saturated carbocycles. The zero-order chi connectivity index (χ0) is 12.5. The zero-order valence-electron chi connectivity index (χ0n) is 9.45. The van der Waals surface area contributed by atoms with E-state index in [1.165, 1.54) is 0 Å². The number of hydrogen-bond donors (Lipinski definition) is 2. The molecule has 0 rings (SSSR count). The molecule has 0 radical (unpaired) electrons. The van der Waals surface area contributed by atoms with Gasteiger partial charge in [0.1, 0.15) is 5.60 Å². The summed E-state index contributed by atoms with van der Waals surface area (Å²) in [6.45, 7) is 8.76. The SMILES string of the molecule is C=CC(=O)O.CCC(C)(CC)OC(N)=O. The van der Waals surface area contributed by atoms with E-state index in [0.29, 0.717) is 0 Å². The van der Waals surface area contributed by atoms with Gasteiger partial charge in [-0.15, -0.1) is 0 Å². The summed E-state index contributed by atoms with van der Waals surface area (Å²) >= 11 is 0. The number of carbonyl (C=O) groups excluding carboxylic acids is 1. The van der Waals surface area contributed by atoms with Crippen LogP contribution in [0.1, 0.15) is 33.6 Å². The van der Waals surface area contributed by atoms with E-state index in [0.717, 1.165) is 18.9 Å². The Morgan fingerprint density at radius 3 is 1.87 bits per heavy atom. The fourth-order valence-electron chi connectivity index (χ4n) is 0.637. The van der Waals surface area contributed by atoms with E-state index in [2.05, 4.69) is 6.58 Å². The number of carbonyl (C=O) groups is 2. The molecule has 0 aromatic rings. The van der Waals surface area contributed by atoms with Crippen molar-refractivity contribution in [1.29, 1.82) is 0 Å². The maximum absolute atomic E-state index is 10.3. The van der Waals surface area contributed by atoms with Gasteiger partial charge in [0.05, 0.1) is 0 Å². The average molecular weight is 217 g/mol. The van der Waals surface area contributed by atoms with Gasteiger partial charge in [-0.1, -0.05) is 20.4 Å². The van der Waals surface area contributed by atoms with Crippen LogP contribution in [0.4, 0.5) is 4.79 Å². The van der Waals surface area contributed by atoms with Gasteiger partial charge in [0.25, 0.3) is 0 Å². The second-order valence-corrected chi connectivity index (χ2v) is 3.12. The Kier molecular flexibility index (Phi) is 8.33. The van der Waals surface area contributed by atoms with Gasteiger partial charge in [-0.2, -0.15) is 0 Å². The summed E-state index contributed by atoms with van der Waals surface area (Å²) in [5, 5.41) is 7.60. The van der Waals surface area contributed by atoms with E-state index >= 15 is 0 Å². The summed E-state index contributed by atoms with van der Waals surface area (Å²) in [4.78, 5) is 19.6. The number of nitrogens with two attached hydrogens (primary N) is 1. The summed E-state index contributed by atoms with van der Waals surface area (Å²) < 4.78 is 4.88. The minimum Gasteiger partial charge on any atom is -0.478 e. The average Bonchev–Trinajstić information content (AvgIpc) is 2.17. The molecular weight excluding hydrogens is 198 g/mol. The molecule has 0 aromatic carbocycles. The highest BCUT2D eigenvalue weighted by molar-refractivity contribution is 5.78. The Morgan fingerprint density at radius 2 is 1.80 bits per heavy atom. The van der Waals surface area contributed by atoms with E-state index in [1.54, 1.807) is 0 Å². The Bertz CT molecular complexity index is 221. The fraction of sp³-hybridized carbons (Fsp3) is 0.600. The van der Waals surface area contributed by atoms with Crippen molar-refractivity contribution < 1.29 is 19.4 Å². The van der Waals surface area contributed by atoms with Crippen LogP contribution in [0.5, 0.6) is 0 Å². The van der Waals surface area contributed by atoms with Crippen LogP contribution in [-0.2, 0) is 9.53 Å². The lowest BCUT2D eigenvalue weighted by Crippen LogP contribution is -2.32. The topological polar surface area (TPSA) is 89.6 Å². The van der Waals surface area contributed by atoms with Crippen molar-refractivity contribution in [2.75, 3.05) is 0 Å². The molecule has 1 amide bonds. The van der Waals surface area contributed by atoms with Crippen molar-refractivity contribution in [3.63, 3.8) is 0 Å². The molecule has 0 unspecified atom stereocenters. The first-order valence-corrected chi connectivity index (χ1v) is 4.65. The van der Waals surface area contributed by atoms with Gasteiger partial charge in [0.2, 0.25) is 0 Å². The van der Waals surface area contributed by atoms with Crippen molar-refractivity contribution in [2.24, 2.45) is 5.73 Å². The van der Waals surface area contributed by atoms with Gasteiger partial charge in [-0.3, -0.25) is 0 Å². The van der Waals surface area contributed by atoms with Crippen LogP contribution in [0.3, 0.4) is 0 Å². The van der Waals surface area contributed by atoms with Crippen LogP contribution in [-0.4, -0.2) is 22.8 Å². The van der Waals surface area contributed by atoms with E-state index in [-0.39, 0.29) is 5.60 Å². The van der Waals surface area contributed by atoms with Crippen LogP contribution in [0, 0.1) is 0 Å². The van der Waals surface area contributed by atoms with Gasteiger partial charge in [0, 0.05) is 6.08 Å². The van der Waals surface area contributed by atoms with Crippen LogP contribution in [0.25, 0.3) is 0 Å². The van der Waals surface area contributed by atoms with Crippen LogP contribution in [0.15, 0.2) is 12.7 Å². The maximum atomic E-state index is 10.3. The normalized spacial score (nSPS) is 9.53.